The summed E-state index contributed by atoms with van der Waals surface area (Å²) in [4.78, 5) is 18.9. The number of rotatable bonds is 2. The van der Waals surface area contributed by atoms with Gasteiger partial charge in [-0.25, -0.2) is 4.98 Å². The van der Waals surface area contributed by atoms with Crippen molar-refractivity contribution in [3.63, 3.8) is 0 Å². The lowest BCUT2D eigenvalue weighted by atomic mass is 10.2. The maximum absolute atomic E-state index is 12.4. The molecule has 0 atom stereocenters. The third kappa shape index (κ3) is 2.19. The van der Waals surface area contributed by atoms with Crippen LogP contribution in [0.2, 0.25) is 0 Å². The summed E-state index contributed by atoms with van der Waals surface area (Å²) in [6, 6.07) is 3.83. The molecule has 116 valence electrons. The number of amides is 1. The van der Waals surface area contributed by atoms with Gasteiger partial charge in [0, 0.05) is 25.2 Å². The van der Waals surface area contributed by atoms with Gasteiger partial charge >= 0.3 is 0 Å². The van der Waals surface area contributed by atoms with Crippen molar-refractivity contribution in [2.45, 2.75) is 26.3 Å². The van der Waals surface area contributed by atoms with Crippen molar-refractivity contribution in [1.82, 2.24) is 14.5 Å². The largest absolute Gasteiger partial charge is 0.486 e. The van der Waals surface area contributed by atoms with Crippen LogP contribution in [-0.4, -0.2) is 46.7 Å². The Balaban J connectivity index is 1.70. The number of benzene rings is 1. The molecular formula is C16H19N3O3. The number of likely N-dealkylation sites (tertiary alicyclic amines) is 1. The highest BCUT2D eigenvalue weighted by Gasteiger charge is 2.21. The van der Waals surface area contributed by atoms with Crippen molar-refractivity contribution in [3.05, 3.63) is 18.0 Å². The number of hydrogen-bond donors (Lipinski definition) is 0. The Morgan fingerprint density at radius 3 is 2.59 bits per heavy atom. The summed E-state index contributed by atoms with van der Waals surface area (Å²) in [5.41, 5.74) is 1.77. The van der Waals surface area contributed by atoms with E-state index in [0.717, 1.165) is 54.3 Å². The van der Waals surface area contributed by atoms with E-state index in [1.54, 1.807) is 0 Å². The first-order valence-electron chi connectivity index (χ1n) is 7.76. The summed E-state index contributed by atoms with van der Waals surface area (Å²) in [7, 11) is 0. The standard InChI is InChI=1S/C16H19N3O3/c1-11-17-12-8-14-15(22-7-6-21-14)9-13(12)19(11)10-16(20)18-4-2-3-5-18/h8-9H,2-7,10H2,1H3. The molecule has 1 aromatic carbocycles. The number of aryl methyl sites for hydroxylation is 1. The van der Waals surface area contributed by atoms with Gasteiger partial charge in [-0.1, -0.05) is 0 Å². The predicted molar refractivity (Wildman–Crippen MR) is 81.3 cm³/mol. The molecule has 1 saturated heterocycles. The minimum atomic E-state index is 0.162. The Morgan fingerprint density at radius 2 is 1.86 bits per heavy atom. The topological polar surface area (TPSA) is 56.6 Å². The second-order valence-electron chi connectivity index (χ2n) is 5.82. The Bertz CT molecular complexity index is 732. The molecule has 6 nitrogen and oxygen atoms in total. The van der Waals surface area contributed by atoms with Gasteiger partial charge in [0.1, 0.15) is 25.6 Å². The maximum Gasteiger partial charge on any atom is 0.242 e. The minimum Gasteiger partial charge on any atom is -0.486 e. The van der Waals surface area contributed by atoms with E-state index in [9.17, 15) is 4.79 Å². The van der Waals surface area contributed by atoms with E-state index in [1.165, 1.54) is 0 Å². The molecule has 2 aliphatic rings. The molecule has 1 fully saturated rings. The van der Waals surface area contributed by atoms with Gasteiger partial charge in [-0.05, 0) is 19.8 Å². The van der Waals surface area contributed by atoms with E-state index in [-0.39, 0.29) is 5.91 Å². The maximum atomic E-state index is 12.4. The van der Waals surface area contributed by atoms with Crippen LogP contribution in [-0.2, 0) is 11.3 Å². The molecule has 0 spiro atoms. The number of carbonyl (C=O) groups excluding carboxylic acids is 1. The van der Waals surface area contributed by atoms with Crippen LogP contribution >= 0.6 is 0 Å². The van der Waals surface area contributed by atoms with E-state index >= 15 is 0 Å². The Morgan fingerprint density at radius 1 is 1.18 bits per heavy atom. The number of nitrogens with zero attached hydrogens (tertiary/aromatic N) is 3. The third-order valence-corrected chi connectivity index (χ3v) is 4.36. The average molecular weight is 301 g/mol. The fourth-order valence-electron chi connectivity index (χ4n) is 3.18. The van der Waals surface area contributed by atoms with Crippen LogP contribution in [0.15, 0.2) is 12.1 Å². The van der Waals surface area contributed by atoms with Crippen LogP contribution in [0.4, 0.5) is 0 Å². The SMILES string of the molecule is Cc1nc2cc3c(cc2n1CC(=O)N1CCCC1)OCCO3. The molecule has 0 bridgehead atoms. The summed E-state index contributed by atoms with van der Waals surface area (Å²) >= 11 is 0. The van der Waals surface area contributed by atoms with Crippen molar-refractivity contribution >= 4 is 16.9 Å². The molecule has 22 heavy (non-hydrogen) atoms. The third-order valence-electron chi connectivity index (χ3n) is 4.36. The van der Waals surface area contributed by atoms with Crippen LogP contribution in [0.3, 0.4) is 0 Å². The second-order valence-corrected chi connectivity index (χ2v) is 5.82. The fraction of sp³-hybridized carbons (Fsp3) is 0.500. The zero-order valence-electron chi connectivity index (χ0n) is 12.7. The van der Waals surface area contributed by atoms with Crippen molar-refractivity contribution in [1.29, 1.82) is 0 Å². The van der Waals surface area contributed by atoms with Gasteiger partial charge in [0.05, 0.1) is 11.0 Å². The first-order valence-corrected chi connectivity index (χ1v) is 7.76. The van der Waals surface area contributed by atoms with E-state index < -0.39 is 0 Å². The number of fused-ring (bicyclic) bond motifs is 2. The van der Waals surface area contributed by atoms with E-state index in [1.807, 2.05) is 28.5 Å². The van der Waals surface area contributed by atoms with Gasteiger partial charge in [0.2, 0.25) is 5.91 Å². The molecule has 1 amide bonds. The Hall–Kier alpha value is -2.24. The van der Waals surface area contributed by atoms with Crippen LogP contribution in [0.25, 0.3) is 11.0 Å². The molecular weight excluding hydrogens is 282 g/mol. The Kier molecular flexibility index (Phi) is 3.17. The first-order chi connectivity index (χ1) is 10.7. The molecule has 2 aliphatic heterocycles. The normalized spacial score (nSPS) is 17.2. The lowest BCUT2D eigenvalue weighted by molar-refractivity contribution is -0.130. The van der Waals surface area contributed by atoms with Crippen molar-refractivity contribution in [2.24, 2.45) is 0 Å². The number of aromatic nitrogens is 2. The van der Waals surface area contributed by atoms with Crippen molar-refractivity contribution < 1.29 is 14.3 Å². The van der Waals surface area contributed by atoms with Crippen LogP contribution in [0.1, 0.15) is 18.7 Å². The second kappa shape index (κ2) is 5.19. The lowest BCUT2D eigenvalue weighted by Gasteiger charge is -2.19. The highest BCUT2D eigenvalue weighted by atomic mass is 16.6. The van der Waals surface area contributed by atoms with E-state index in [4.69, 9.17) is 9.47 Å². The number of hydrogen-bond acceptors (Lipinski definition) is 4. The van der Waals surface area contributed by atoms with Crippen molar-refractivity contribution in [2.75, 3.05) is 26.3 Å². The van der Waals surface area contributed by atoms with Gasteiger partial charge in [0.25, 0.3) is 0 Å². The van der Waals surface area contributed by atoms with Gasteiger partial charge in [-0.15, -0.1) is 0 Å². The summed E-state index contributed by atoms with van der Waals surface area (Å²) in [5.74, 6) is 2.46. The number of ether oxygens (including phenoxy) is 2. The number of imidazole rings is 1. The quantitative estimate of drug-likeness (QED) is 0.848. The van der Waals surface area contributed by atoms with Gasteiger partial charge < -0.3 is 18.9 Å². The van der Waals surface area contributed by atoms with E-state index in [0.29, 0.717) is 19.8 Å². The minimum absolute atomic E-state index is 0.162. The molecule has 0 saturated carbocycles. The smallest absolute Gasteiger partial charge is 0.242 e. The molecule has 4 rings (SSSR count). The van der Waals surface area contributed by atoms with Crippen LogP contribution in [0.5, 0.6) is 11.5 Å². The lowest BCUT2D eigenvalue weighted by Crippen LogP contribution is -2.31. The average Bonchev–Trinajstić information content (AvgIpc) is 3.14. The fourth-order valence-corrected chi connectivity index (χ4v) is 3.18. The number of carbonyl (C=O) groups is 1. The Labute approximate surface area is 128 Å². The van der Waals surface area contributed by atoms with Gasteiger partial charge in [0.15, 0.2) is 11.5 Å². The molecule has 1 aromatic heterocycles. The highest BCUT2D eigenvalue weighted by Crippen LogP contribution is 2.34. The molecule has 0 N–H and O–H groups in total. The molecule has 0 unspecified atom stereocenters. The highest BCUT2D eigenvalue weighted by molar-refractivity contribution is 5.84. The molecule has 3 heterocycles. The zero-order chi connectivity index (χ0) is 15.1. The van der Waals surface area contributed by atoms with Crippen LogP contribution < -0.4 is 9.47 Å². The summed E-state index contributed by atoms with van der Waals surface area (Å²) < 4.78 is 13.2. The van der Waals surface area contributed by atoms with Gasteiger partial charge in [-0.2, -0.15) is 0 Å². The first kappa shape index (κ1) is 13.4. The molecule has 6 heteroatoms. The monoisotopic (exact) mass is 301 g/mol. The molecule has 2 aromatic rings. The summed E-state index contributed by atoms with van der Waals surface area (Å²) in [6.07, 6.45) is 2.21. The summed E-state index contributed by atoms with van der Waals surface area (Å²) in [5, 5.41) is 0. The van der Waals surface area contributed by atoms with Gasteiger partial charge in [-0.3, -0.25) is 4.79 Å². The predicted octanol–water partition coefficient (Wildman–Crippen LogP) is 1.74. The van der Waals surface area contributed by atoms with Crippen LogP contribution in [0, 0.1) is 6.92 Å². The van der Waals surface area contributed by atoms with E-state index in [2.05, 4.69) is 4.98 Å². The molecule has 0 radical (unpaired) electrons. The van der Waals surface area contributed by atoms with Crippen molar-refractivity contribution in [3.8, 4) is 11.5 Å². The summed E-state index contributed by atoms with van der Waals surface area (Å²) in [6.45, 7) is 5.12. The molecule has 0 aliphatic carbocycles. The zero-order valence-corrected chi connectivity index (χ0v) is 12.7.